The number of rotatable bonds is 11. The van der Waals surface area contributed by atoms with Gasteiger partial charge in [-0.15, -0.1) is 29.3 Å². The van der Waals surface area contributed by atoms with Crippen molar-refractivity contribution in [2.45, 2.75) is 138 Å². The molecule has 0 amide bonds. The number of para-hydroxylation sites is 2. The average Bonchev–Trinajstić information content (AvgIpc) is 1.62. The van der Waals surface area contributed by atoms with Gasteiger partial charge in [0.2, 0.25) is 0 Å². The van der Waals surface area contributed by atoms with Gasteiger partial charge in [-0.3, -0.25) is 9.55 Å². The first-order valence-electron chi connectivity index (χ1n) is 31.2. The van der Waals surface area contributed by atoms with Gasteiger partial charge in [-0.25, -0.2) is 4.98 Å². The number of benzene rings is 9. The number of hydrogen-bond donors (Lipinski definition) is 1. The van der Waals surface area contributed by atoms with E-state index < -0.39 is 8.07 Å². The zero-order chi connectivity index (χ0) is 61.6. The minimum atomic E-state index is -1.77. The zero-order valence-corrected chi connectivity index (χ0v) is 57.5. The number of hydrogen-bond acceptors (Lipinski definition) is 3. The van der Waals surface area contributed by atoms with Crippen LogP contribution in [0.3, 0.4) is 0 Å². The van der Waals surface area contributed by atoms with Crippen molar-refractivity contribution < 1.29 is 26.2 Å². The van der Waals surface area contributed by atoms with E-state index in [1.54, 1.807) is 0 Å². The number of nitrogens with zero attached hydrogens (tertiary/aromatic N) is 4. The SMILES string of the molecule is CC(C)c1cc(-c2ccccc2)cc(C(C)C)c1-c1ccc(-n2c3ccccc3c3c(-c4[c-]c(-c5cccc6c5nc(-c5cc(C(C)(C)C)cc(C(C)(C)C)c5O)n6-c5ccc([Si](C)(C)C)cc5-c5ccccc5)cc(C(C)(C)C)c4)nccc32)cc1.[Pt]. The van der Waals surface area contributed by atoms with E-state index in [0.29, 0.717) is 23.2 Å². The molecule has 0 fully saturated rings. The molecule has 12 rings (SSSR count). The molecule has 5 nitrogen and oxygen atoms in total. The molecule has 3 aromatic heterocycles. The Morgan fingerprint density at radius 1 is 0.489 bits per heavy atom. The van der Waals surface area contributed by atoms with Gasteiger partial charge < -0.3 is 9.67 Å². The first-order valence-corrected chi connectivity index (χ1v) is 34.7. The van der Waals surface area contributed by atoms with Crippen LogP contribution in [0.25, 0.3) is 111 Å². The predicted molar refractivity (Wildman–Crippen MR) is 374 cm³/mol. The smallest absolute Gasteiger partial charge is 0.148 e. The van der Waals surface area contributed by atoms with Gasteiger partial charge in [-0.05, 0) is 115 Å². The summed E-state index contributed by atoms with van der Waals surface area (Å²) in [6.07, 6.45) is 1.97. The molecule has 0 atom stereocenters. The number of fused-ring (bicyclic) bond motifs is 4. The van der Waals surface area contributed by atoms with Crippen molar-refractivity contribution in [3.05, 3.63) is 228 Å². The molecule has 0 bridgehead atoms. The van der Waals surface area contributed by atoms with E-state index in [9.17, 15) is 5.11 Å². The van der Waals surface area contributed by atoms with Crippen LogP contribution in [0.2, 0.25) is 19.6 Å². The zero-order valence-electron chi connectivity index (χ0n) is 54.2. The van der Waals surface area contributed by atoms with Gasteiger partial charge in [-0.2, -0.15) is 0 Å². The molecule has 0 aliphatic heterocycles. The number of imidazole rings is 1. The molecule has 0 saturated heterocycles. The Labute approximate surface area is 537 Å². The maximum atomic E-state index is 12.8. The third-order valence-electron chi connectivity index (χ3n) is 17.7. The predicted octanol–water partition coefficient (Wildman–Crippen LogP) is 21.7. The first kappa shape index (κ1) is 61.7. The van der Waals surface area contributed by atoms with Gasteiger partial charge in [0.25, 0.3) is 0 Å². The van der Waals surface area contributed by atoms with Gasteiger partial charge in [0.15, 0.2) is 0 Å². The van der Waals surface area contributed by atoms with Crippen molar-refractivity contribution in [1.29, 1.82) is 0 Å². The Hall–Kier alpha value is -7.89. The summed E-state index contributed by atoms with van der Waals surface area (Å²) in [4.78, 5) is 11.1. The fraction of sp³-hybridized carbons (Fsp3) is 0.259. The quantitative estimate of drug-likeness (QED) is 0.104. The Morgan fingerprint density at radius 2 is 1.08 bits per heavy atom. The molecule has 88 heavy (non-hydrogen) atoms. The number of aromatic nitrogens is 4. The molecule has 0 saturated carbocycles. The number of pyridine rings is 1. The Kier molecular flexibility index (Phi) is 16.3. The van der Waals surface area contributed by atoms with Gasteiger partial charge >= 0.3 is 0 Å². The second-order valence-electron chi connectivity index (χ2n) is 28.8. The van der Waals surface area contributed by atoms with E-state index in [2.05, 4.69) is 313 Å². The summed E-state index contributed by atoms with van der Waals surface area (Å²) in [6.45, 7) is 36.6. The van der Waals surface area contributed by atoms with Crippen LogP contribution in [-0.4, -0.2) is 32.3 Å². The standard InChI is InChI=1S/C81H83N4OSi.Pt/c1-50(2)64-45-55(52-26-19-17-20-27-52)46-65(51(3)4)73(64)54-34-36-60(37-35-54)84-69-32-24-23-30-63(69)74-71(84)40-41-82-75(74)57-42-56(43-58(44-57)79(5,6)7)62-31-25-33-72-76(62)83-78(67-47-59(80(8,9)10)48-68(77(67)86)81(11,12)13)85(72)70-39-38-61(87(14,15)16)49-66(70)53-28-21-18-22-29-53;/h17-41,43-51,86H,1-16H3;/q-1;. The number of aromatic hydroxyl groups is 1. The maximum absolute atomic E-state index is 12.8. The molecule has 0 spiro atoms. The van der Waals surface area contributed by atoms with Gasteiger partial charge in [0.05, 0.1) is 41.4 Å². The normalized spacial score (nSPS) is 12.5. The van der Waals surface area contributed by atoms with E-state index in [-0.39, 0.29) is 43.1 Å². The van der Waals surface area contributed by atoms with Crippen LogP contribution in [0, 0.1) is 6.07 Å². The molecule has 9 aromatic carbocycles. The molecule has 12 aromatic rings. The Balaban J connectivity index is 0.00000800. The topological polar surface area (TPSA) is 55.9 Å². The van der Waals surface area contributed by atoms with Crippen molar-refractivity contribution in [3.63, 3.8) is 0 Å². The molecule has 0 unspecified atom stereocenters. The van der Waals surface area contributed by atoms with E-state index in [4.69, 9.17) is 9.97 Å². The minimum Gasteiger partial charge on any atom is -0.507 e. The van der Waals surface area contributed by atoms with Crippen LogP contribution in [0.4, 0.5) is 0 Å². The molecule has 0 aliphatic carbocycles. The van der Waals surface area contributed by atoms with Crippen molar-refractivity contribution in [3.8, 4) is 84.3 Å². The van der Waals surface area contributed by atoms with Crippen LogP contribution >= 0.6 is 0 Å². The van der Waals surface area contributed by atoms with Gasteiger partial charge in [0.1, 0.15) is 11.6 Å². The molecule has 0 aliphatic rings. The number of phenolic OH excluding ortho intramolecular Hbond substituents is 1. The molecular formula is C81H83N4OPtSi-. The fourth-order valence-electron chi connectivity index (χ4n) is 12.8. The number of phenols is 1. The molecule has 448 valence electrons. The van der Waals surface area contributed by atoms with Crippen molar-refractivity contribution in [1.82, 2.24) is 19.1 Å². The van der Waals surface area contributed by atoms with Crippen molar-refractivity contribution in [2.24, 2.45) is 0 Å². The third kappa shape index (κ3) is 11.4. The second kappa shape index (κ2) is 23.2. The maximum Gasteiger partial charge on any atom is 0.148 e. The van der Waals surface area contributed by atoms with Gasteiger partial charge in [0, 0.05) is 60.5 Å². The molecule has 3 heterocycles. The summed E-state index contributed by atoms with van der Waals surface area (Å²) < 4.78 is 4.72. The van der Waals surface area contributed by atoms with Crippen LogP contribution < -0.4 is 5.19 Å². The molecule has 0 radical (unpaired) electrons. The van der Waals surface area contributed by atoms with Crippen LogP contribution in [-0.2, 0) is 37.3 Å². The summed E-state index contributed by atoms with van der Waals surface area (Å²) in [5.41, 5.74) is 22.9. The van der Waals surface area contributed by atoms with Crippen molar-refractivity contribution in [2.75, 3.05) is 0 Å². The minimum absolute atomic E-state index is 0. The van der Waals surface area contributed by atoms with Crippen molar-refractivity contribution >= 4 is 46.1 Å². The summed E-state index contributed by atoms with van der Waals surface area (Å²) in [5.74, 6) is 1.60. The van der Waals surface area contributed by atoms with Gasteiger partial charge in [-0.1, -0.05) is 259 Å². The summed E-state index contributed by atoms with van der Waals surface area (Å²) in [7, 11) is -1.77. The second-order valence-corrected chi connectivity index (χ2v) is 33.9. The van der Waals surface area contributed by atoms with Crippen LogP contribution in [0.5, 0.6) is 5.75 Å². The monoisotopic (exact) mass is 1350 g/mol. The fourth-order valence-corrected chi connectivity index (χ4v) is 13.9. The van der Waals surface area contributed by atoms with E-state index >= 15 is 0 Å². The summed E-state index contributed by atoms with van der Waals surface area (Å²) >= 11 is 0. The van der Waals surface area contributed by atoms with Crippen LogP contribution in [0.15, 0.2) is 194 Å². The summed E-state index contributed by atoms with van der Waals surface area (Å²) in [6, 6.07) is 73.1. The molecular weight excluding hydrogens is 1270 g/mol. The van der Waals surface area contributed by atoms with E-state index in [0.717, 1.165) is 94.4 Å². The van der Waals surface area contributed by atoms with E-state index in [1.807, 2.05) is 6.20 Å². The Morgan fingerprint density at radius 3 is 1.69 bits per heavy atom. The molecule has 1 N–H and O–H groups in total. The largest absolute Gasteiger partial charge is 0.507 e. The Bertz CT molecular complexity index is 4570. The first-order chi connectivity index (χ1) is 41.3. The average molecular weight is 1350 g/mol. The third-order valence-corrected chi connectivity index (χ3v) is 19.8. The molecule has 7 heteroatoms. The van der Waals surface area contributed by atoms with E-state index in [1.165, 1.54) is 38.6 Å². The van der Waals surface area contributed by atoms with Crippen LogP contribution in [0.1, 0.15) is 130 Å². The summed E-state index contributed by atoms with van der Waals surface area (Å²) in [5, 5.41) is 16.4.